The Balaban J connectivity index is 2.57. The van der Waals surface area contributed by atoms with Gasteiger partial charge in [0.05, 0.1) is 12.6 Å². The summed E-state index contributed by atoms with van der Waals surface area (Å²) < 4.78 is 0. The Kier molecular flexibility index (Phi) is 4.94. The van der Waals surface area contributed by atoms with Crippen molar-refractivity contribution >= 4 is 5.96 Å². The lowest BCUT2D eigenvalue weighted by atomic mass is 10.1. The van der Waals surface area contributed by atoms with Crippen molar-refractivity contribution in [2.75, 3.05) is 13.6 Å². The Morgan fingerprint density at radius 3 is 2.69 bits per heavy atom. The maximum absolute atomic E-state index is 5.18. The Bertz CT molecular complexity index is 376. The molecule has 0 aliphatic carbocycles. The molecule has 0 aromatic heterocycles. The van der Waals surface area contributed by atoms with Gasteiger partial charge >= 0.3 is 0 Å². The van der Waals surface area contributed by atoms with Crippen LogP contribution in [0.1, 0.15) is 18.5 Å². The van der Waals surface area contributed by atoms with Gasteiger partial charge in [-0.05, 0) is 12.5 Å². The first-order chi connectivity index (χ1) is 7.77. The van der Waals surface area contributed by atoms with E-state index in [2.05, 4.69) is 40.6 Å². The molecule has 0 aliphatic rings. The van der Waals surface area contributed by atoms with E-state index in [0.29, 0.717) is 12.5 Å². The van der Waals surface area contributed by atoms with Crippen molar-refractivity contribution in [3.05, 3.63) is 35.9 Å². The fourth-order valence-electron chi connectivity index (χ4n) is 1.36. The van der Waals surface area contributed by atoms with Gasteiger partial charge in [-0.25, -0.2) is 0 Å². The molecule has 1 unspecified atom stereocenters. The van der Waals surface area contributed by atoms with Crippen LogP contribution in [0.25, 0.3) is 0 Å². The highest BCUT2D eigenvalue weighted by atomic mass is 15.2. The molecule has 0 amide bonds. The summed E-state index contributed by atoms with van der Waals surface area (Å²) in [7, 11) is 1.73. The van der Waals surface area contributed by atoms with E-state index in [-0.39, 0.29) is 6.04 Å². The van der Waals surface area contributed by atoms with Gasteiger partial charge in [0.1, 0.15) is 0 Å². The summed E-state index contributed by atoms with van der Waals surface area (Å²) >= 11 is 0. The SMILES string of the molecule is C#CCNC(=NC)NC(C)c1ccccc1. The molecule has 0 saturated carbocycles. The van der Waals surface area contributed by atoms with Gasteiger partial charge < -0.3 is 10.6 Å². The molecule has 0 bridgehead atoms. The van der Waals surface area contributed by atoms with Crippen LogP contribution in [-0.4, -0.2) is 19.6 Å². The average molecular weight is 215 g/mol. The zero-order chi connectivity index (χ0) is 11.8. The molecule has 3 heteroatoms. The summed E-state index contributed by atoms with van der Waals surface area (Å²) in [5.74, 6) is 3.23. The average Bonchev–Trinajstić information content (AvgIpc) is 2.35. The lowest BCUT2D eigenvalue weighted by molar-refractivity contribution is 0.695. The van der Waals surface area contributed by atoms with Gasteiger partial charge in [0, 0.05) is 7.05 Å². The van der Waals surface area contributed by atoms with E-state index in [1.165, 1.54) is 5.56 Å². The van der Waals surface area contributed by atoms with E-state index in [1.54, 1.807) is 7.05 Å². The lowest BCUT2D eigenvalue weighted by Crippen LogP contribution is -2.38. The normalized spacial score (nSPS) is 12.7. The standard InChI is InChI=1S/C13H17N3/c1-4-10-15-13(14-3)16-11(2)12-8-6-5-7-9-12/h1,5-9,11H,10H2,2-3H3,(H2,14,15,16). The number of aliphatic imine (C=N–C) groups is 1. The van der Waals surface area contributed by atoms with Crippen LogP contribution in [0.4, 0.5) is 0 Å². The molecule has 0 radical (unpaired) electrons. The first-order valence-electron chi connectivity index (χ1n) is 5.23. The second-order valence-corrected chi connectivity index (χ2v) is 3.41. The fraction of sp³-hybridized carbons (Fsp3) is 0.308. The van der Waals surface area contributed by atoms with Crippen molar-refractivity contribution in [1.29, 1.82) is 0 Å². The molecule has 0 aliphatic heterocycles. The first kappa shape index (κ1) is 12.1. The molecule has 84 valence electrons. The number of hydrogen-bond acceptors (Lipinski definition) is 1. The van der Waals surface area contributed by atoms with E-state index in [4.69, 9.17) is 6.42 Å². The summed E-state index contributed by atoms with van der Waals surface area (Å²) in [6.07, 6.45) is 5.18. The van der Waals surface area contributed by atoms with Crippen molar-refractivity contribution in [2.45, 2.75) is 13.0 Å². The summed E-state index contributed by atoms with van der Waals surface area (Å²) in [6, 6.07) is 10.4. The largest absolute Gasteiger partial charge is 0.350 e. The van der Waals surface area contributed by atoms with Gasteiger partial charge in [0.2, 0.25) is 0 Å². The summed E-state index contributed by atoms with van der Waals surface area (Å²) in [5, 5.41) is 6.28. The van der Waals surface area contributed by atoms with Gasteiger partial charge in [-0.1, -0.05) is 36.3 Å². The molecule has 1 atom stereocenters. The maximum atomic E-state index is 5.18. The van der Waals surface area contributed by atoms with E-state index in [0.717, 1.165) is 0 Å². The van der Waals surface area contributed by atoms with Crippen LogP contribution in [0.15, 0.2) is 35.3 Å². The molecule has 16 heavy (non-hydrogen) atoms. The monoisotopic (exact) mass is 215 g/mol. The highest BCUT2D eigenvalue weighted by Crippen LogP contribution is 2.10. The molecule has 0 fully saturated rings. The zero-order valence-electron chi connectivity index (χ0n) is 9.70. The fourth-order valence-corrected chi connectivity index (χ4v) is 1.36. The second-order valence-electron chi connectivity index (χ2n) is 3.41. The first-order valence-corrected chi connectivity index (χ1v) is 5.23. The topological polar surface area (TPSA) is 36.4 Å². The third-order valence-corrected chi connectivity index (χ3v) is 2.23. The van der Waals surface area contributed by atoms with Crippen LogP contribution in [0.5, 0.6) is 0 Å². The number of nitrogens with zero attached hydrogens (tertiary/aromatic N) is 1. The van der Waals surface area contributed by atoms with Gasteiger partial charge in [-0.15, -0.1) is 6.42 Å². The molecule has 0 spiro atoms. The maximum Gasteiger partial charge on any atom is 0.192 e. The lowest BCUT2D eigenvalue weighted by Gasteiger charge is -2.17. The van der Waals surface area contributed by atoms with E-state index >= 15 is 0 Å². The summed E-state index contributed by atoms with van der Waals surface area (Å²) in [4.78, 5) is 4.09. The van der Waals surface area contributed by atoms with Gasteiger partial charge in [-0.3, -0.25) is 4.99 Å². The van der Waals surface area contributed by atoms with Crippen LogP contribution in [0, 0.1) is 12.3 Å². The molecule has 1 aromatic rings. The van der Waals surface area contributed by atoms with Crippen LogP contribution in [-0.2, 0) is 0 Å². The number of terminal acetylenes is 1. The zero-order valence-corrected chi connectivity index (χ0v) is 9.70. The van der Waals surface area contributed by atoms with E-state index in [1.807, 2.05) is 18.2 Å². The molecule has 1 rings (SSSR count). The van der Waals surface area contributed by atoms with E-state index in [9.17, 15) is 0 Å². The Labute approximate surface area is 97.0 Å². The third-order valence-electron chi connectivity index (χ3n) is 2.23. The number of benzene rings is 1. The van der Waals surface area contributed by atoms with Crippen molar-refractivity contribution in [3.63, 3.8) is 0 Å². The van der Waals surface area contributed by atoms with Gasteiger partial charge in [0.15, 0.2) is 5.96 Å². The predicted octanol–water partition coefficient (Wildman–Crippen LogP) is 1.55. The molecular weight excluding hydrogens is 198 g/mol. The number of rotatable bonds is 3. The Morgan fingerprint density at radius 2 is 2.12 bits per heavy atom. The number of guanidine groups is 1. The Hall–Kier alpha value is -1.95. The number of hydrogen-bond donors (Lipinski definition) is 2. The van der Waals surface area contributed by atoms with Crippen molar-refractivity contribution in [1.82, 2.24) is 10.6 Å². The third kappa shape index (κ3) is 3.66. The second kappa shape index (κ2) is 6.52. The minimum absolute atomic E-state index is 0.199. The van der Waals surface area contributed by atoms with Crippen molar-refractivity contribution < 1.29 is 0 Å². The smallest absolute Gasteiger partial charge is 0.192 e. The number of nitrogens with one attached hydrogen (secondary N) is 2. The van der Waals surface area contributed by atoms with Gasteiger partial charge in [0.25, 0.3) is 0 Å². The summed E-state index contributed by atoms with van der Waals surface area (Å²) in [5.41, 5.74) is 1.21. The molecule has 2 N–H and O–H groups in total. The van der Waals surface area contributed by atoms with Crippen LogP contribution >= 0.6 is 0 Å². The van der Waals surface area contributed by atoms with Crippen LogP contribution in [0.3, 0.4) is 0 Å². The molecular formula is C13H17N3. The van der Waals surface area contributed by atoms with Crippen LogP contribution < -0.4 is 10.6 Å². The predicted molar refractivity (Wildman–Crippen MR) is 68.2 cm³/mol. The molecule has 3 nitrogen and oxygen atoms in total. The quantitative estimate of drug-likeness (QED) is 0.456. The molecule has 1 aromatic carbocycles. The minimum atomic E-state index is 0.199. The minimum Gasteiger partial charge on any atom is -0.350 e. The van der Waals surface area contributed by atoms with Crippen molar-refractivity contribution in [3.8, 4) is 12.3 Å². The van der Waals surface area contributed by atoms with Gasteiger partial charge in [-0.2, -0.15) is 0 Å². The molecule has 0 heterocycles. The highest BCUT2D eigenvalue weighted by Gasteiger charge is 2.05. The van der Waals surface area contributed by atoms with E-state index < -0.39 is 0 Å². The Morgan fingerprint density at radius 1 is 1.44 bits per heavy atom. The molecule has 0 saturated heterocycles. The van der Waals surface area contributed by atoms with Crippen molar-refractivity contribution in [2.24, 2.45) is 4.99 Å². The highest BCUT2D eigenvalue weighted by molar-refractivity contribution is 5.80. The van der Waals surface area contributed by atoms with Crippen LogP contribution in [0.2, 0.25) is 0 Å². The summed E-state index contributed by atoms with van der Waals surface area (Å²) in [6.45, 7) is 2.55.